The Bertz CT molecular complexity index is 1310. The van der Waals surface area contributed by atoms with Crippen LogP contribution in [0.2, 0.25) is 0 Å². The zero-order chi connectivity index (χ0) is 25.6. The van der Waals surface area contributed by atoms with Gasteiger partial charge in [-0.25, -0.2) is 4.98 Å². The van der Waals surface area contributed by atoms with Gasteiger partial charge in [0.25, 0.3) is 0 Å². The number of hydrogen-bond donors (Lipinski definition) is 1. The number of carbonyl (C=O) groups is 1. The predicted octanol–water partition coefficient (Wildman–Crippen LogP) is 6.28. The third kappa shape index (κ3) is 4.69. The van der Waals surface area contributed by atoms with Crippen LogP contribution >= 0.6 is 0 Å². The van der Waals surface area contributed by atoms with Gasteiger partial charge in [0, 0.05) is 23.7 Å². The van der Waals surface area contributed by atoms with E-state index in [9.17, 15) is 18.0 Å². The summed E-state index contributed by atoms with van der Waals surface area (Å²) in [6.45, 7) is 3.86. The minimum atomic E-state index is -4.74. The number of hydrogen-bond acceptors (Lipinski definition) is 5. The lowest BCUT2D eigenvalue weighted by atomic mass is 9.90. The van der Waals surface area contributed by atoms with Crippen molar-refractivity contribution in [3.8, 4) is 28.5 Å². The van der Waals surface area contributed by atoms with Crippen molar-refractivity contribution in [3.05, 3.63) is 70.4 Å². The fourth-order valence-corrected chi connectivity index (χ4v) is 5.25. The van der Waals surface area contributed by atoms with Gasteiger partial charge >= 0.3 is 12.3 Å². The Morgan fingerprint density at radius 1 is 1.17 bits per heavy atom. The number of aromatic nitrogens is 1. The maximum atomic E-state index is 12.7. The Labute approximate surface area is 205 Å². The van der Waals surface area contributed by atoms with Crippen LogP contribution in [-0.4, -0.2) is 29.0 Å². The number of halogens is 3. The molecule has 0 saturated heterocycles. The molecule has 5 rings (SSSR count). The van der Waals surface area contributed by atoms with Gasteiger partial charge in [0.05, 0.1) is 13.0 Å². The zero-order valence-electron chi connectivity index (χ0n) is 19.7. The highest BCUT2D eigenvalue weighted by atomic mass is 19.4. The van der Waals surface area contributed by atoms with Gasteiger partial charge in [-0.2, -0.15) is 0 Å². The number of aryl methyl sites for hydroxylation is 2. The van der Waals surface area contributed by atoms with Crippen LogP contribution in [0.3, 0.4) is 0 Å². The van der Waals surface area contributed by atoms with Crippen molar-refractivity contribution in [3.63, 3.8) is 0 Å². The predicted molar refractivity (Wildman–Crippen MR) is 124 cm³/mol. The summed E-state index contributed by atoms with van der Waals surface area (Å²) in [6.07, 6.45) is -1.91. The first-order valence-corrected chi connectivity index (χ1v) is 11.6. The van der Waals surface area contributed by atoms with Crippen LogP contribution in [0.25, 0.3) is 11.1 Å². The van der Waals surface area contributed by atoms with Crippen LogP contribution in [0.15, 0.2) is 42.6 Å². The molecule has 0 radical (unpaired) electrons. The Morgan fingerprint density at radius 2 is 1.92 bits per heavy atom. The normalized spacial score (nSPS) is 18.4. The molecule has 1 aromatic heterocycles. The number of pyridine rings is 1. The summed E-state index contributed by atoms with van der Waals surface area (Å²) < 4.78 is 54.1. The van der Waals surface area contributed by atoms with Gasteiger partial charge < -0.3 is 19.3 Å². The summed E-state index contributed by atoms with van der Waals surface area (Å²) in [5, 5.41) is 9.08. The number of carboxylic acids is 1. The number of ether oxygens (including phenoxy) is 3. The molecule has 2 aliphatic rings. The molecule has 0 saturated carbocycles. The molecule has 1 N–H and O–H groups in total. The van der Waals surface area contributed by atoms with Gasteiger partial charge in [-0.15, -0.1) is 13.2 Å². The number of fused-ring (bicyclic) bond motifs is 2. The van der Waals surface area contributed by atoms with E-state index in [1.54, 1.807) is 26.1 Å². The molecule has 0 fully saturated rings. The molecule has 1 aliphatic carbocycles. The Morgan fingerprint density at radius 3 is 2.61 bits per heavy atom. The summed E-state index contributed by atoms with van der Waals surface area (Å²) in [7, 11) is 0. The minimum absolute atomic E-state index is 0.0181. The molecule has 2 atom stereocenters. The van der Waals surface area contributed by atoms with E-state index in [0.29, 0.717) is 29.4 Å². The SMILES string of the molecule is Cc1cc(OC(F)(F)F)cc(C)c1-c1cccc2c1CCC2Oc1cc2c(cn1)[C@H](CC(=O)O)CO2. The first-order valence-electron chi connectivity index (χ1n) is 11.6. The number of aliphatic carboxylic acids is 1. The van der Waals surface area contributed by atoms with Crippen molar-refractivity contribution < 1.29 is 37.3 Å². The quantitative estimate of drug-likeness (QED) is 0.430. The third-order valence-corrected chi connectivity index (χ3v) is 6.66. The monoisotopic (exact) mass is 499 g/mol. The molecular weight excluding hydrogens is 475 g/mol. The van der Waals surface area contributed by atoms with Crippen molar-refractivity contribution in [2.75, 3.05) is 6.61 Å². The molecule has 36 heavy (non-hydrogen) atoms. The first-order chi connectivity index (χ1) is 17.1. The van der Waals surface area contributed by atoms with E-state index in [1.807, 2.05) is 18.2 Å². The number of rotatable bonds is 6. The van der Waals surface area contributed by atoms with Crippen LogP contribution in [0.1, 0.15) is 52.7 Å². The van der Waals surface area contributed by atoms with Gasteiger partial charge in [-0.05, 0) is 72.2 Å². The van der Waals surface area contributed by atoms with E-state index in [2.05, 4.69) is 9.72 Å². The van der Waals surface area contributed by atoms with E-state index in [1.165, 1.54) is 12.1 Å². The number of alkyl halides is 3. The van der Waals surface area contributed by atoms with Crippen LogP contribution in [-0.2, 0) is 11.2 Å². The van der Waals surface area contributed by atoms with Crippen molar-refractivity contribution in [1.82, 2.24) is 4.98 Å². The van der Waals surface area contributed by atoms with Gasteiger partial charge in [-0.3, -0.25) is 4.79 Å². The first kappa shape index (κ1) is 24.0. The second-order valence-electron chi connectivity index (χ2n) is 9.16. The van der Waals surface area contributed by atoms with E-state index in [-0.39, 0.29) is 24.2 Å². The average molecular weight is 499 g/mol. The summed E-state index contributed by atoms with van der Waals surface area (Å²) in [4.78, 5) is 15.5. The van der Waals surface area contributed by atoms with E-state index in [0.717, 1.165) is 40.7 Å². The lowest BCUT2D eigenvalue weighted by Gasteiger charge is -2.18. The second kappa shape index (κ2) is 9.04. The molecule has 9 heteroatoms. The van der Waals surface area contributed by atoms with Gasteiger partial charge in [-0.1, -0.05) is 18.2 Å². The van der Waals surface area contributed by atoms with Gasteiger partial charge in [0.1, 0.15) is 17.6 Å². The molecule has 188 valence electrons. The van der Waals surface area contributed by atoms with Crippen molar-refractivity contribution in [1.29, 1.82) is 0 Å². The number of benzene rings is 2. The molecule has 0 spiro atoms. The van der Waals surface area contributed by atoms with Gasteiger partial charge in [0.2, 0.25) is 5.88 Å². The summed E-state index contributed by atoms with van der Waals surface area (Å²) in [6, 6.07) is 10.4. The topological polar surface area (TPSA) is 77.9 Å². The molecule has 1 aliphatic heterocycles. The van der Waals surface area contributed by atoms with Gasteiger partial charge in [0.15, 0.2) is 0 Å². The van der Waals surface area contributed by atoms with Crippen molar-refractivity contribution >= 4 is 5.97 Å². The molecule has 0 bridgehead atoms. The summed E-state index contributed by atoms with van der Waals surface area (Å²) >= 11 is 0. The minimum Gasteiger partial charge on any atom is -0.492 e. The maximum Gasteiger partial charge on any atom is 0.573 e. The second-order valence-corrected chi connectivity index (χ2v) is 9.16. The highest BCUT2D eigenvalue weighted by Crippen LogP contribution is 2.44. The van der Waals surface area contributed by atoms with Crippen LogP contribution < -0.4 is 14.2 Å². The van der Waals surface area contributed by atoms with E-state index >= 15 is 0 Å². The highest BCUT2D eigenvalue weighted by molar-refractivity contribution is 5.76. The number of nitrogens with zero attached hydrogens (tertiary/aromatic N) is 1. The zero-order valence-corrected chi connectivity index (χ0v) is 19.7. The molecule has 2 aromatic carbocycles. The standard InChI is InChI=1S/C27H24F3NO5/c1-14-8-17(36-27(28,29)30)9-15(2)26(14)20-5-3-4-19-18(20)6-7-22(19)35-24-11-23-21(12-31-24)16(13-34-23)10-25(32)33/h3-5,8-9,11-12,16,22H,6-7,10,13H2,1-2H3,(H,32,33)/t16-,22?/m1/s1. The van der Waals surface area contributed by atoms with Crippen molar-refractivity contribution in [2.24, 2.45) is 0 Å². The Balaban J connectivity index is 1.40. The molecule has 2 heterocycles. The van der Waals surface area contributed by atoms with E-state index < -0.39 is 12.3 Å². The highest BCUT2D eigenvalue weighted by Gasteiger charge is 2.33. The molecule has 0 amide bonds. The third-order valence-electron chi connectivity index (χ3n) is 6.66. The lowest BCUT2D eigenvalue weighted by molar-refractivity contribution is -0.274. The van der Waals surface area contributed by atoms with Crippen LogP contribution in [0.5, 0.6) is 17.4 Å². The Kier molecular flexibility index (Phi) is 6.02. The van der Waals surface area contributed by atoms with Crippen LogP contribution in [0, 0.1) is 13.8 Å². The maximum absolute atomic E-state index is 12.7. The fourth-order valence-electron chi connectivity index (χ4n) is 5.25. The number of carboxylic acid groups (broad SMARTS) is 1. The Hall–Kier alpha value is -3.75. The average Bonchev–Trinajstić information content (AvgIpc) is 3.36. The molecule has 6 nitrogen and oxygen atoms in total. The smallest absolute Gasteiger partial charge is 0.492 e. The molecular formula is C27H24F3NO5. The van der Waals surface area contributed by atoms with Crippen molar-refractivity contribution in [2.45, 2.75) is 51.5 Å². The largest absolute Gasteiger partial charge is 0.573 e. The summed E-state index contributed by atoms with van der Waals surface area (Å²) in [5.74, 6) is -0.360. The van der Waals surface area contributed by atoms with E-state index in [4.69, 9.17) is 14.6 Å². The fraction of sp³-hybridized carbons (Fsp3) is 0.333. The lowest BCUT2D eigenvalue weighted by Crippen LogP contribution is -2.17. The molecule has 3 aromatic rings. The van der Waals surface area contributed by atoms with Crippen LogP contribution in [0.4, 0.5) is 13.2 Å². The summed E-state index contributed by atoms with van der Waals surface area (Å²) in [5.41, 5.74) is 6.11. The molecule has 1 unspecified atom stereocenters.